The average Bonchev–Trinajstić information content (AvgIpc) is 2.34. The molecule has 0 heterocycles. The first-order chi connectivity index (χ1) is 8.83. The maximum atomic E-state index is 12.0. The van der Waals surface area contributed by atoms with Gasteiger partial charge in [0, 0.05) is 6.42 Å². The first kappa shape index (κ1) is 16.0. The number of alkyl carbamates (subject to hydrolysis) is 1. The minimum absolute atomic E-state index is 0.109. The van der Waals surface area contributed by atoms with Gasteiger partial charge in [0.05, 0.1) is 6.04 Å². The molecule has 0 spiro atoms. The van der Waals surface area contributed by atoms with Crippen LogP contribution in [0.15, 0.2) is 0 Å². The van der Waals surface area contributed by atoms with E-state index in [-0.39, 0.29) is 17.7 Å². The van der Waals surface area contributed by atoms with Gasteiger partial charge in [-0.15, -0.1) is 0 Å². The van der Waals surface area contributed by atoms with Gasteiger partial charge < -0.3 is 10.1 Å². The largest absolute Gasteiger partial charge is 0.444 e. The Morgan fingerprint density at radius 1 is 1.21 bits per heavy atom. The van der Waals surface area contributed by atoms with Gasteiger partial charge in [-0.1, -0.05) is 26.2 Å². The molecule has 1 atom stereocenters. The van der Waals surface area contributed by atoms with Gasteiger partial charge in [-0.3, -0.25) is 4.79 Å². The molecule has 110 valence electrons. The van der Waals surface area contributed by atoms with Crippen molar-refractivity contribution in [1.82, 2.24) is 5.32 Å². The lowest BCUT2D eigenvalue weighted by atomic mass is 9.82. The molecule has 0 bridgehead atoms. The number of Topliss-reactive ketones (excluding diaryl/α,β-unsaturated/α-hetero) is 1. The molecule has 1 amide bonds. The number of rotatable bonds is 4. The Labute approximate surface area is 116 Å². The molecule has 0 unspecified atom stereocenters. The van der Waals surface area contributed by atoms with Crippen LogP contribution >= 0.6 is 0 Å². The van der Waals surface area contributed by atoms with Gasteiger partial charge in [0.2, 0.25) is 0 Å². The molecule has 1 saturated carbocycles. The van der Waals surface area contributed by atoms with Gasteiger partial charge in [-0.05, 0) is 39.5 Å². The summed E-state index contributed by atoms with van der Waals surface area (Å²) in [5.74, 6) is 0.381. The Bertz CT molecular complexity index is 314. The summed E-state index contributed by atoms with van der Waals surface area (Å²) in [6, 6.07) is -0.375. The highest BCUT2D eigenvalue weighted by atomic mass is 16.6. The summed E-state index contributed by atoms with van der Waals surface area (Å²) >= 11 is 0. The van der Waals surface area contributed by atoms with Crippen molar-refractivity contribution in [2.24, 2.45) is 5.92 Å². The van der Waals surface area contributed by atoms with Gasteiger partial charge in [0.1, 0.15) is 5.60 Å². The zero-order valence-electron chi connectivity index (χ0n) is 12.6. The second-order valence-corrected chi connectivity index (χ2v) is 6.34. The Balaban J connectivity index is 2.64. The fourth-order valence-electron chi connectivity index (χ4n) is 2.58. The van der Waals surface area contributed by atoms with Crippen molar-refractivity contribution in [1.29, 1.82) is 0 Å². The molecule has 0 radical (unpaired) electrons. The molecule has 0 aromatic carbocycles. The summed E-state index contributed by atoms with van der Waals surface area (Å²) in [5, 5.41) is 2.78. The molecule has 0 saturated heterocycles. The van der Waals surface area contributed by atoms with E-state index >= 15 is 0 Å². The highest BCUT2D eigenvalue weighted by Gasteiger charge is 2.31. The minimum Gasteiger partial charge on any atom is -0.444 e. The van der Waals surface area contributed by atoms with Crippen LogP contribution in [0.4, 0.5) is 4.79 Å². The van der Waals surface area contributed by atoms with Crippen LogP contribution in [0.2, 0.25) is 0 Å². The van der Waals surface area contributed by atoms with E-state index in [1.54, 1.807) is 0 Å². The Hall–Kier alpha value is -1.06. The molecule has 19 heavy (non-hydrogen) atoms. The number of carbonyl (C=O) groups excluding carboxylic acids is 2. The highest BCUT2D eigenvalue weighted by Crippen LogP contribution is 2.27. The SMILES string of the molecule is CCC(=O)[C@H](NC(=O)OC(C)(C)C)C1CCCCC1. The lowest BCUT2D eigenvalue weighted by Crippen LogP contribution is -2.48. The molecule has 4 heteroatoms. The zero-order valence-corrected chi connectivity index (χ0v) is 12.6. The maximum Gasteiger partial charge on any atom is 0.408 e. The van der Waals surface area contributed by atoms with E-state index in [0.717, 1.165) is 25.7 Å². The standard InChI is InChI=1S/C15H27NO3/c1-5-12(17)13(11-9-7-6-8-10-11)16-14(18)19-15(2,3)4/h11,13H,5-10H2,1-4H3,(H,16,18)/t13-/m1/s1. The molecule has 1 aliphatic carbocycles. The van der Waals surface area contributed by atoms with Crippen LogP contribution in [0, 0.1) is 5.92 Å². The monoisotopic (exact) mass is 269 g/mol. The van der Waals surface area contributed by atoms with E-state index in [1.165, 1.54) is 6.42 Å². The van der Waals surface area contributed by atoms with Crippen LogP contribution in [0.25, 0.3) is 0 Å². The first-order valence-corrected chi connectivity index (χ1v) is 7.35. The van der Waals surface area contributed by atoms with Crippen LogP contribution in [-0.2, 0) is 9.53 Å². The fraction of sp³-hybridized carbons (Fsp3) is 0.867. The molecule has 1 fully saturated rings. The number of hydrogen-bond acceptors (Lipinski definition) is 3. The van der Waals surface area contributed by atoms with Crippen LogP contribution in [0.5, 0.6) is 0 Å². The molecule has 1 aliphatic rings. The van der Waals surface area contributed by atoms with Gasteiger partial charge in [-0.2, -0.15) is 0 Å². The molecule has 4 nitrogen and oxygen atoms in total. The summed E-state index contributed by atoms with van der Waals surface area (Å²) in [5.41, 5.74) is -0.531. The highest BCUT2D eigenvalue weighted by molar-refractivity contribution is 5.87. The third kappa shape index (κ3) is 5.62. The molecular weight excluding hydrogens is 242 g/mol. The zero-order chi connectivity index (χ0) is 14.5. The first-order valence-electron chi connectivity index (χ1n) is 7.35. The normalized spacial score (nSPS) is 18.7. The number of ketones is 1. The lowest BCUT2D eigenvalue weighted by Gasteiger charge is -2.30. The minimum atomic E-state index is -0.531. The second-order valence-electron chi connectivity index (χ2n) is 6.34. The Morgan fingerprint density at radius 2 is 1.79 bits per heavy atom. The molecule has 0 aromatic rings. The summed E-state index contributed by atoms with van der Waals surface area (Å²) < 4.78 is 5.25. The number of amides is 1. The number of nitrogens with one attached hydrogen (secondary N) is 1. The molecule has 0 aromatic heterocycles. The van der Waals surface area contributed by atoms with E-state index in [0.29, 0.717) is 6.42 Å². The molecular formula is C15H27NO3. The summed E-state index contributed by atoms with van der Waals surface area (Å²) in [4.78, 5) is 23.9. The number of ether oxygens (including phenoxy) is 1. The van der Waals surface area contributed by atoms with Crippen molar-refractivity contribution in [3.8, 4) is 0 Å². The van der Waals surface area contributed by atoms with Crippen LogP contribution < -0.4 is 5.32 Å². The maximum absolute atomic E-state index is 12.0. The van der Waals surface area contributed by atoms with Gasteiger partial charge in [-0.25, -0.2) is 4.79 Å². The van der Waals surface area contributed by atoms with Crippen molar-refractivity contribution in [2.75, 3.05) is 0 Å². The van der Waals surface area contributed by atoms with Gasteiger partial charge in [0.25, 0.3) is 0 Å². The van der Waals surface area contributed by atoms with Crippen LogP contribution in [0.3, 0.4) is 0 Å². The smallest absolute Gasteiger partial charge is 0.408 e. The van der Waals surface area contributed by atoms with Crippen LogP contribution in [-0.4, -0.2) is 23.5 Å². The van der Waals surface area contributed by atoms with Crippen molar-refractivity contribution in [3.63, 3.8) is 0 Å². The van der Waals surface area contributed by atoms with Crippen molar-refractivity contribution in [2.45, 2.75) is 77.9 Å². The van der Waals surface area contributed by atoms with E-state index in [2.05, 4.69) is 5.32 Å². The Kier molecular flexibility index (Phi) is 5.83. The predicted molar refractivity (Wildman–Crippen MR) is 75.0 cm³/mol. The number of hydrogen-bond donors (Lipinski definition) is 1. The second kappa shape index (κ2) is 6.92. The van der Waals surface area contributed by atoms with Crippen LogP contribution in [0.1, 0.15) is 66.2 Å². The summed E-state index contributed by atoms with van der Waals surface area (Å²) in [6.07, 6.45) is 5.54. The average molecular weight is 269 g/mol. The third-order valence-electron chi connectivity index (χ3n) is 3.49. The Morgan fingerprint density at radius 3 is 2.26 bits per heavy atom. The van der Waals surface area contributed by atoms with Crippen molar-refractivity contribution in [3.05, 3.63) is 0 Å². The van der Waals surface area contributed by atoms with Gasteiger partial charge in [0.15, 0.2) is 5.78 Å². The number of carbonyl (C=O) groups is 2. The van der Waals surface area contributed by atoms with E-state index in [9.17, 15) is 9.59 Å². The molecule has 0 aliphatic heterocycles. The topological polar surface area (TPSA) is 55.4 Å². The fourth-order valence-corrected chi connectivity index (χ4v) is 2.58. The van der Waals surface area contributed by atoms with Crippen molar-refractivity contribution >= 4 is 11.9 Å². The lowest BCUT2D eigenvalue weighted by molar-refractivity contribution is -0.122. The van der Waals surface area contributed by atoms with Gasteiger partial charge >= 0.3 is 6.09 Å². The quantitative estimate of drug-likeness (QED) is 0.850. The molecule has 1 rings (SSSR count). The summed E-state index contributed by atoms with van der Waals surface area (Å²) in [7, 11) is 0. The predicted octanol–water partition coefficient (Wildman–Crippen LogP) is 3.44. The molecule has 1 N–H and O–H groups in total. The third-order valence-corrected chi connectivity index (χ3v) is 3.49. The van der Waals surface area contributed by atoms with E-state index < -0.39 is 11.7 Å². The van der Waals surface area contributed by atoms with E-state index in [4.69, 9.17) is 4.74 Å². The summed E-state index contributed by atoms with van der Waals surface area (Å²) in [6.45, 7) is 7.31. The van der Waals surface area contributed by atoms with E-state index in [1.807, 2.05) is 27.7 Å². The van der Waals surface area contributed by atoms with Crippen molar-refractivity contribution < 1.29 is 14.3 Å².